The van der Waals surface area contributed by atoms with E-state index in [1.807, 2.05) is 41.8 Å². The summed E-state index contributed by atoms with van der Waals surface area (Å²) in [6.45, 7) is 6.98. The molecule has 0 radical (unpaired) electrons. The predicted octanol–water partition coefficient (Wildman–Crippen LogP) is 3.98. The van der Waals surface area contributed by atoms with Crippen molar-refractivity contribution in [2.24, 2.45) is 0 Å². The molecule has 1 fully saturated rings. The molecule has 1 atom stereocenters. The Hall–Kier alpha value is -2.38. The van der Waals surface area contributed by atoms with Crippen molar-refractivity contribution < 1.29 is 9.53 Å². The number of imidazole rings is 1. The van der Waals surface area contributed by atoms with E-state index in [0.717, 1.165) is 45.6 Å². The van der Waals surface area contributed by atoms with E-state index in [4.69, 9.17) is 9.72 Å². The van der Waals surface area contributed by atoms with Gasteiger partial charge in [0.15, 0.2) is 4.96 Å². The summed E-state index contributed by atoms with van der Waals surface area (Å²) in [5, 5.41) is 3.09. The number of rotatable bonds is 6. The third kappa shape index (κ3) is 4.16. The molecule has 29 heavy (non-hydrogen) atoms. The van der Waals surface area contributed by atoms with Crippen molar-refractivity contribution in [2.75, 3.05) is 26.7 Å². The molecule has 3 heterocycles. The highest BCUT2D eigenvalue weighted by molar-refractivity contribution is 7.19. The number of carbonyl (C=O) groups is 1. The number of ether oxygens (including phenoxy) is 1. The van der Waals surface area contributed by atoms with Gasteiger partial charge in [-0.25, -0.2) is 4.98 Å². The molecule has 3 aromatic rings. The number of hydrogen-bond acceptors (Lipinski definition) is 5. The average molecular weight is 413 g/mol. The van der Waals surface area contributed by atoms with Gasteiger partial charge in [-0.15, -0.1) is 0 Å². The van der Waals surface area contributed by atoms with Crippen LogP contribution in [0, 0.1) is 6.92 Å². The number of piperidine rings is 1. The van der Waals surface area contributed by atoms with Crippen LogP contribution in [-0.4, -0.2) is 53.0 Å². The van der Waals surface area contributed by atoms with Gasteiger partial charge in [-0.05, 0) is 45.4 Å². The fourth-order valence-corrected chi connectivity index (χ4v) is 4.99. The normalized spacial score (nSPS) is 17.6. The van der Waals surface area contributed by atoms with Crippen LogP contribution in [0.25, 0.3) is 16.2 Å². The summed E-state index contributed by atoms with van der Waals surface area (Å²) in [6, 6.07) is 8.47. The summed E-state index contributed by atoms with van der Waals surface area (Å²) in [5.74, 6) is 0.796. The molecule has 1 aromatic carbocycles. The number of thiazole rings is 1. The molecule has 0 spiro atoms. The van der Waals surface area contributed by atoms with Crippen LogP contribution in [0.2, 0.25) is 0 Å². The van der Waals surface area contributed by atoms with Gasteiger partial charge in [0.25, 0.3) is 5.91 Å². The summed E-state index contributed by atoms with van der Waals surface area (Å²) in [5.41, 5.74) is 2.81. The van der Waals surface area contributed by atoms with Crippen LogP contribution in [-0.2, 0) is 0 Å². The second kappa shape index (κ2) is 8.55. The zero-order valence-electron chi connectivity index (χ0n) is 17.3. The molecule has 2 aromatic heterocycles. The monoisotopic (exact) mass is 412 g/mol. The van der Waals surface area contributed by atoms with Gasteiger partial charge in [-0.1, -0.05) is 29.9 Å². The molecule has 4 rings (SSSR count). The number of methoxy groups -OCH3 is 1. The molecule has 1 aliphatic heterocycles. The van der Waals surface area contributed by atoms with Crippen LogP contribution in [0.4, 0.5) is 0 Å². The first-order valence-electron chi connectivity index (χ1n) is 10.2. The minimum absolute atomic E-state index is 0.00871. The second-order valence-corrected chi connectivity index (χ2v) is 8.64. The molecular formula is C22H28N4O2S. The Balaban J connectivity index is 1.45. The first kappa shape index (κ1) is 19.9. The molecule has 6 nitrogen and oxygen atoms in total. The number of hydrogen-bond donors (Lipinski definition) is 1. The number of benzene rings is 1. The molecule has 1 unspecified atom stereocenters. The summed E-state index contributed by atoms with van der Waals surface area (Å²) in [4.78, 5) is 21.5. The van der Waals surface area contributed by atoms with Gasteiger partial charge in [-0.2, -0.15) is 0 Å². The van der Waals surface area contributed by atoms with Crippen molar-refractivity contribution in [1.82, 2.24) is 19.6 Å². The molecule has 0 saturated carbocycles. The van der Waals surface area contributed by atoms with E-state index < -0.39 is 0 Å². The molecular weight excluding hydrogens is 384 g/mol. The Morgan fingerprint density at radius 3 is 3.00 bits per heavy atom. The predicted molar refractivity (Wildman–Crippen MR) is 117 cm³/mol. The Morgan fingerprint density at radius 2 is 2.24 bits per heavy atom. The number of aromatic nitrogens is 2. The maximum Gasteiger partial charge on any atom is 0.263 e. The molecule has 1 aliphatic rings. The molecule has 1 N–H and O–H groups in total. The highest BCUT2D eigenvalue weighted by atomic mass is 32.1. The molecule has 154 valence electrons. The van der Waals surface area contributed by atoms with Gasteiger partial charge < -0.3 is 10.1 Å². The molecule has 1 amide bonds. The first-order valence-corrected chi connectivity index (χ1v) is 11.0. The first-order chi connectivity index (χ1) is 14.1. The van der Waals surface area contributed by atoms with Crippen LogP contribution in [0.15, 0.2) is 30.5 Å². The van der Waals surface area contributed by atoms with Crippen molar-refractivity contribution in [3.8, 4) is 17.0 Å². The summed E-state index contributed by atoms with van der Waals surface area (Å²) in [6.07, 6.45) is 5.82. The van der Waals surface area contributed by atoms with Crippen molar-refractivity contribution in [1.29, 1.82) is 0 Å². The summed E-state index contributed by atoms with van der Waals surface area (Å²) in [7, 11) is 1.66. The van der Waals surface area contributed by atoms with E-state index in [0.29, 0.717) is 12.6 Å². The van der Waals surface area contributed by atoms with E-state index in [9.17, 15) is 4.79 Å². The van der Waals surface area contributed by atoms with Gasteiger partial charge in [0.2, 0.25) is 0 Å². The van der Waals surface area contributed by atoms with Crippen molar-refractivity contribution in [3.05, 3.63) is 41.0 Å². The Labute approximate surface area is 175 Å². The summed E-state index contributed by atoms with van der Waals surface area (Å²) >= 11 is 1.44. The van der Waals surface area contributed by atoms with Crippen molar-refractivity contribution in [2.45, 2.75) is 39.2 Å². The molecule has 7 heteroatoms. The lowest BCUT2D eigenvalue weighted by atomic mass is 10.0. The highest BCUT2D eigenvalue weighted by Crippen LogP contribution is 2.28. The third-order valence-corrected chi connectivity index (χ3v) is 6.91. The van der Waals surface area contributed by atoms with Crippen molar-refractivity contribution in [3.63, 3.8) is 0 Å². The average Bonchev–Trinajstić information content (AvgIpc) is 3.29. The summed E-state index contributed by atoms with van der Waals surface area (Å²) < 4.78 is 7.31. The number of carbonyl (C=O) groups excluding carboxylic acids is 1. The van der Waals surface area contributed by atoms with E-state index in [-0.39, 0.29) is 5.91 Å². The highest BCUT2D eigenvalue weighted by Gasteiger charge is 2.20. The minimum atomic E-state index is -0.00871. The quantitative estimate of drug-likeness (QED) is 0.665. The third-order valence-electron chi connectivity index (χ3n) is 5.75. The van der Waals surface area contributed by atoms with Gasteiger partial charge >= 0.3 is 0 Å². The number of nitrogens with zero attached hydrogens (tertiary/aromatic N) is 3. The van der Waals surface area contributed by atoms with E-state index in [2.05, 4.69) is 17.1 Å². The van der Waals surface area contributed by atoms with Crippen molar-refractivity contribution >= 4 is 22.2 Å². The lowest BCUT2D eigenvalue weighted by Crippen LogP contribution is -2.42. The van der Waals surface area contributed by atoms with Crippen LogP contribution in [0.5, 0.6) is 5.75 Å². The van der Waals surface area contributed by atoms with Gasteiger partial charge in [0.1, 0.15) is 10.6 Å². The Morgan fingerprint density at radius 1 is 1.38 bits per heavy atom. The fraction of sp³-hybridized carbons (Fsp3) is 0.455. The molecule has 1 saturated heterocycles. The van der Waals surface area contributed by atoms with Gasteiger partial charge in [0.05, 0.1) is 12.8 Å². The standard InChI is InChI=1S/C22H28N4O2S/c1-15-7-4-5-11-25(15)12-10-23-21(27)20-16(2)26-14-19(24-22(26)29-20)17-8-6-9-18(13-17)28-3/h6,8-9,13-15H,4-5,7,10-12H2,1-3H3,(H,23,27). The fourth-order valence-electron chi connectivity index (χ4n) is 3.97. The lowest BCUT2D eigenvalue weighted by molar-refractivity contribution is 0.0941. The molecule has 0 bridgehead atoms. The van der Waals surface area contributed by atoms with Crippen LogP contribution >= 0.6 is 11.3 Å². The largest absolute Gasteiger partial charge is 0.497 e. The molecule has 0 aliphatic carbocycles. The number of likely N-dealkylation sites (tertiary alicyclic amines) is 1. The zero-order valence-corrected chi connectivity index (χ0v) is 18.1. The van der Waals surface area contributed by atoms with Crippen LogP contribution in [0.3, 0.4) is 0 Å². The number of fused-ring (bicyclic) bond motifs is 1. The van der Waals surface area contributed by atoms with Gasteiger partial charge in [-0.3, -0.25) is 14.1 Å². The van der Waals surface area contributed by atoms with E-state index in [1.54, 1.807) is 7.11 Å². The van der Waals surface area contributed by atoms with E-state index in [1.165, 1.54) is 30.6 Å². The number of nitrogens with one attached hydrogen (secondary N) is 1. The van der Waals surface area contributed by atoms with Gasteiger partial charge in [0, 0.05) is 36.6 Å². The smallest absolute Gasteiger partial charge is 0.263 e. The number of amides is 1. The maximum atomic E-state index is 12.7. The minimum Gasteiger partial charge on any atom is -0.497 e. The van der Waals surface area contributed by atoms with Crippen LogP contribution in [0.1, 0.15) is 41.6 Å². The maximum absolute atomic E-state index is 12.7. The lowest BCUT2D eigenvalue weighted by Gasteiger charge is -2.33. The van der Waals surface area contributed by atoms with E-state index >= 15 is 0 Å². The Bertz CT molecular complexity index is 1010. The SMILES string of the molecule is COc1cccc(-c2cn3c(C)c(C(=O)NCCN4CCCCC4C)sc3n2)c1. The van der Waals surface area contributed by atoms with Crippen LogP contribution < -0.4 is 10.1 Å². The number of aryl methyl sites for hydroxylation is 1. The second-order valence-electron chi connectivity index (χ2n) is 7.66. The Kier molecular flexibility index (Phi) is 5.87. The topological polar surface area (TPSA) is 58.9 Å². The zero-order chi connectivity index (χ0) is 20.4.